The van der Waals surface area contributed by atoms with Crippen LogP contribution in [0.25, 0.3) is 0 Å². The standard InChI is InChI=1S/C19H28N2O4/c1-13-6-4-5-7-17(13)25-11-10-20-19(23)21-16-9-8-15(12-14(16)2)18(22)24-3/h8-9,12-13,17H,4-7,10-11H2,1-3H3,(H2,20,21,23)/t13-,17-/m1/s1. The maximum absolute atomic E-state index is 12.0. The van der Waals surface area contributed by atoms with Crippen LogP contribution >= 0.6 is 0 Å². The van der Waals surface area contributed by atoms with E-state index in [4.69, 9.17) is 4.74 Å². The highest BCUT2D eigenvalue weighted by Gasteiger charge is 2.21. The largest absolute Gasteiger partial charge is 0.465 e. The molecule has 0 aromatic heterocycles. The smallest absolute Gasteiger partial charge is 0.337 e. The van der Waals surface area contributed by atoms with Gasteiger partial charge in [-0.25, -0.2) is 9.59 Å². The second-order valence-electron chi connectivity index (χ2n) is 6.57. The molecule has 2 rings (SSSR count). The second kappa shape index (κ2) is 9.42. The zero-order chi connectivity index (χ0) is 18.2. The molecule has 138 valence electrons. The first-order valence-electron chi connectivity index (χ1n) is 8.86. The molecule has 2 N–H and O–H groups in total. The summed E-state index contributed by atoms with van der Waals surface area (Å²) in [5.74, 6) is 0.201. The molecule has 0 bridgehead atoms. The Morgan fingerprint density at radius 3 is 2.68 bits per heavy atom. The summed E-state index contributed by atoms with van der Waals surface area (Å²) >= 11 is 0. The molecule has 0 spiro atoms. The van der Waals surface area contributed by atoms with E-state index in [2.05, 4.69) is 22.3 Å². The number of aryl methyl sites for hydroxylation is 1. The highest BCUT2D eigenvalue weighted by Crippen LogP contribution is 2.26. The number of esters is 1. The monoisotopic (exact) mass is 348 g/mol. The molecule has 1 aromatic carbocycles. The molecular weight excluding hydrogens is 320 g/mol. The van der Waals surface area contributed by atoms with Crippen LogP contribution in [0, 0.1) is 12.8 Å². The minimum Gasteiger partial charge on any atom is -0.465 e. The van der Waals surface area contributed by atoms with Crippen molar-refractivity contribution < 1.29 is 19.1 Å². The van der Waals surface area contributed by atoms with E-state index >= 15 is 0 Å². The maximum atomic E-state index is 12.0. The molecule has 0 heterocycles. The van der Waals surface area contributed by atoms with Crippen molar-refractivity contribution in [2.24, 2.45) is 5.92 Å². The molecular formula is C19H28N2O4. The maximum Gasteiger partial charge on any atom is 0.337 e. The fourth-order valence-corrected chi connectivity index (χ4v) is 3.12. The first-order valence-corrected chi connectivity index (χ1v) is 8.86. The van der Waals surface area contributed by atoms with Crippen LogP contribution in [0.1, 0.15) is 48.5 Å². The molecule has 0 unspecified atom stereocenters. The molecule has 0 radical (unpaired) electrons. The molecule has 1 fully saturated rings. The predicted molar refractivity (Wildman–Crippen MR) is 96.9 cm³/mol. The van der Waals surface area contributed by atoms with E-state index in [0.717, 1.165) is 12.0 Å². The lowest BCUT2D eigenvalue weighted by Crippen LogP contribution is -2.34. The highest BCUT2D eigenvalue weighted by atomic mass is 16.5. The van der Waals surface area contributed by atoms with E-state index in [1.807, 2.05) is 6.92 Å². The van der Waals surface area contributed by atoms with Crippen LogP contribution in [0.15, 0.2) is 18.2 Å². The molecule has 6 heteroatoms. The highest BCUT2D eigenvalue weighted by molar-refractivity contribution is 5.93. The summed E-state index contributed by atoms with van der Waals surface area (Å²) in [5, 5.41) is 5.58. The Morgan fingerprint density at radius 1 is 1.24 bits per heavy atom. The molecule has 1 aliphatic rings. The Balaban J connectivity index is 1.74. The van der Waals surface area contributed by atoms with E-state index in [9.17, 15) is 9.59 Å². The second-order valence-corrected chi connectivity index (χ2v) is 6.57. The Kier molecular flexibility index (Phi) is 7.25. The van der Waals surface area contributed by atoms with Gasteiger partial charge in [0, 0.05) is 12.2 Å². The quantitative estimate of drug-likeness (QED) is 0.609. The zero-order valence-corrected chi connectivity index (χ0v) is 15.3. The minimum atomic E-state index is -0.395. The van der Waals surface area contributed by atoms with Crippen LogP contribution < -0.4 is 10.6 Å². The molecule has 0 aliphatic heterocycles. The van der Waals surface area contributed by atoms with Gasteiger partial charge in [0.25, 0.3) is 0 Å². The van der Waals surface area contributed by atoms with Crippen molar-refractivity contribution in [3.8, 4) is 0 Å². The predicted octanol–water partition coefficient (Wildman–Crippen LogP) is 3.50. The van der Waals surface area contributed by atoms with Crippen LogP contribution in [0.2, 0.25) is 0 Å². The number of nitrogens with one attached hydrogen (secondary N) is 2. The van der Waals surface area contributed by atoms with Crippen LogP contribution in [-0.4, -0.2) is 38.4 Å². The number of hydrogen-bond donors (Lipinski definition) is 2. The molecule has 2 amide bonds. The number of hydrogen-bond acceptors (Lipinski definition) is 4. The van der Waals surface area contributed by atoms with Gasteiger partial charge < -0.3 is 20.1 Å². The zero-order valence-electron chi connectivity index (χ0n) is 15.3. The normalized spacial score (nSPS) is 20.0. The Hall–Kier alpha value is -2.08. The van der Waals surface area contributed by atoms with Crippen molar-refractivity contribution in [3.63, 3.8) is 0 Å². The number of rotatable bonds is 6. The lowest BCUT2D eigenvalue weighted by atomic mass is 9.88. The average molecular weight is 348 g/mol. The molecule has 2 atom stereocenters. The van der Waals surface area contributed by atoms with E-state index < -0.39 is 5.97 Å². The summed E-state index contributed by atoms with van der Waals surface area (Å²) in [6.07, 6.45) is 5.16. The van der Waals surface area contributed by atoms with Gasteiger partial charge in [0.2, 0.25) is 0 Å². The number of ether oxygens (including phenoxy) is 2. The van der Waals surface area contributed by atoms with Crippen LogP contribution in [0.3, 0.4) is 0 Å². The van der Waals surface area contributed by atoms with Gasteiger partial charge >= 0.3 is 12.0 Å². The van der Waals surface area contributed by atoms with Gasteiger partial charge in [0.15, 0.2) is 0 Å². The van der Waals surface area contributed by atoms with E-state index in [0.29, 0.717) is 36.4 Å². The van der Waals surface area contributed by atoms with Gasteiger partial charge in [-0.2, -0.15) is 0 Å². The fraction of sp³-hybridized carbons (Fsp3) is 0.579. The summed E-state index contributed by atoms with van der Waals surface area (Å²) in [4.78, 5) is 23.5. The number of methoxy groups -OCH3 is 1. The van der Waals surface area contributed by atoms with Crippen molar-refractivity contribution in [2.45, 2.75) is 45.6 Å². The summed E-state index contributed by atoms with van der Waals surface area (Å²) in [6, 6.07) is 4.73. The van der Waals surface area contributed by atoms with Gasteiger partial charge in [-0.15, -0.1) is 0 Å². The molecule has 1 aromatic rings. The van der Waals surface area contributed by atoms with Crippen molar-refractivity contribution in [1.82, 2.24) is 5.32 Å². The first kappa shape index (κ1) is 19.2. The van der Waals surface area contributed by atoms with Gasteiger partial charge in [0.1, 0.15) is 0 Å². The summed E-state index contributed by atoms with van der Waals surface area (Å²) in [6.45, 7) is 5.04. The average Bonchev–Trinajstić information content (AvgIpc) is 2.61. The van der Waals surface area contributed by atoms with Crippen molar-refractivity contribution in [2.75, 3.05) is 25.6 Å². The first-order chi connectivity index (χ1) is 12.0. The number of amides is 2. The van der Waals surface area contributed by atoms with Crippen molar-refractivity contribution in [3.05, 3.63) is 29.3 Å². The third kappa shape index (κ3) is 5.74. The number of carbonyl (C=O) groups is 2. The van der Waals surface area contributed by atoms with Crippen LogP contribution in [0.5, 0.6) is 0 Å². The minimum absolute atomic E-state index is 0.283. The Labute approximate surface area is 149 Å². The Bertz CT molecular complexity index is 603. The number of urea groups is 1. The molecule has 1 saturated carbocycles. The van der Waals surface area contributed by atoms with Gasteiger partial charge in [-0.05, 0) is 49.4 Å². The van der Waals surface area contributed by atoms with Crippen molar-refractivity contribution in [1.29, 1.82) is 0 Å². The van der Waals surface area contributed by atoms with Gasteiger partial charge in [-0.1, -0.05) is 19.8 Å². The number of carbonyl (C=O) groups excluding carboxylic acids is 2. The summed E-state index contributed by atoms with van der Waals surface area (Å²) in [5.41, 5.74) is 1.92. The van der Waals surface area contributed by atoms with Gasteiger partial charge in [0.05, 0.1) is 25.4 Å². The topological polar surface area (TPSA) is 76.7 Å². The lowest BCUT2D eigenvalue weighted by Gasteiger charge is -2.28. The van der Waals surface area contributed by atoms with Crippen molar-refractivity contribution >= 4 is 17.7 Å². The molecule has 25 heavy (non-hydrogen) atoms. The third-order valence-corrected chi connectivity index (χ3v) is 4.65. The number of anilines is 1. The van der Waals surface area contributed by atoms with Crippen LogP contribution in [-0.2, 0) is 9.47 Å². The summed E-state index contributed by atoms with van der Waals surface area (Å²) < 4.78 is 10.6. The third-order valence-electron chi connectivity index (χ3n) is 4.65. The van der Waals surface area contributed by atoms with Gasteiger partial charge in [-0.3, -0.25) is 0 Å². The summed E-state index contributed by atoms with van der Waals surface area (Å²) in [7, 11) is 1.34. The molecule has 1 aliphatic carbocycles. The fourth-order valence-electron chi connectivity index (χ4n) is 3.12. The SMILES string of the molecule is COC(=O)c1ccc(NC(=O)NCCO[C@@H]2CCCC[C@H]2C)c(C)c1. The lowest BCUT2D eigenvalue weighted by molar-refractivity contribution is -0.00232. The Morgan fingerprint density at radius 2 is 2.00 bits per heavy atom. The molecule has 6 nitrogen and oxygen atoms in total. The van der Waals surface area contributed by atoms with E-state index in [1.165, 1.54) is 26.4 Å². The molecule has 0 saturated heterocycles. The van der Waals surface area contributed by atoms with Crippen LogP contribution in [0.4, 0.5) is 10.5 Å². The van der Waals surface area contributed by atoms with E-state index in [-0.39, 0.29) is 6.03 Å². The van der Waals surface area contributed by atoms with E-state index in [1.54, 1.807) is 18.2 Å². The number of benzene rings is 1.